The molecule has 0 aliphatic carbocycles. The van der Waals surface area contributed by atoms with Gasteiger partial charge in [0.05, 0.1) is 20.3 Å². The second kappa shape index (κ2) is 6.21. The van der Waals surface area contributed by atoms with Gasteiger partial charge in [-0.2, -0.15) is 0 Å². The summed E-state index contributed by atoms with van der Waals surface area (Å²) in [6, 6.07) is 5.76. The number of ether oxygens (including phenoxy) is 2. The Labute approximate surface area is 116 Å². The molecule has 106 valence electrons. The Bertz CT molecular complexity index is 566. The van der Waals surface area contributed by atoms with Gasteiger partial charge in [0, 0.05) is 18.8 Å². The van der Waals surface area contributed by atoms with Gasteiger partial charge in [-0.25, -0.2) is 9.59 Å². The number of fused-ring (bicyclic) bond motifs is 1. The van der Waals surface area contributed by atoms with Crippen molar-refractivity contribution < 1.29 is 19.1 Å². The monoisotopic (exact) mass is 276 g/mol. The molecule has 0 radical (unpaired) electrons. The molecule has 0 saturated carbocycles. The Balaban J connectivity index is 2.21. The Morgan fingerprint density at radius 3 is 2.65 bits per heavy atom. The zero-order valence-corrected chi connectivity index (χ0v) is 11.4. The van der Waals surface area contributed by atoms with E-state index < -0.39 is 11.9 Å². The van der Waals surface area contributed by atoms with Crippen molar-refractivity contribution in [3.05, 3.63) is 41.1 Å². The van der Waals surface area contributed by atoms with Crippen LogP contribution < -0.4 is 10.6 Å². The molecule has 0 fully saturated rings. The van der Waals surface area contributed by atoms with E-state index in [0.29, 0.717) is 5.69 Å². The fraction of sp³-hybridized carbons (Fsp3) is 0.286. The summed E-state index contributed by atoms with van der Waals surface area (Å²) in [5, 5.41) is 6.12. The summed E-state index contributed by atoms with van der Waals surface area (Å²) in [6.45, 7) is 1.64. The van der Waals surface area contributed by atoms with E-state index in [-0.39, 0.29) is 5.70 Å². The fourth-order valence-corrected chi connectivity index (χ4v) is 1.96. The normalized spacial score (nSPS) is 13.6. The lowest BCUT2D eigenvalue weighted by molar-refractivity contribution is -0.138. The van der Waals surface area contributed by atoms with E-state index in [1.165, 1.54) is 19.8 Å². The molecule has 6 nitrogen and oxygen atoms in total. The molecule has 0 atom stereocenters. The van der Waals surface area contributed by atoms with E-state index >= 15 is 0 Å². The molecule has 0 spiro atoms. The minimum Gasteiger partial charge on any atom is -0.466 e. The van der Waals surface area contributed by atoms with Gasteiger partial charge in [0.1, 0.15) is 5.70 Å². The second-order valence-electron chi connectivity index (χ2n) is 4.28. The summed E-state index contributed by atoms with van der Waals surface area (Å²) in [7, 11) is 2.50. The number of anilines is 1. The minimum absolute atomic E-state index is 0.0326. The summed E-state index contributed by atoms with van der Waals surface area (Å²) in [6.07, 6.45) is 1.07. The second-order valence-corrected chi connectivity index (χ2v) is 4.28. The summed E-state index contributed by atoms with van der Waals surface area (Å²) >= 11 is 0. The fourth-order valence-electron chi connectivity index (χ4n) is 1.96. The lowest BCUT2D eigenvalue weighted by atomic mass is 10.1. The van der Waals surface area contributed by atoms with E-state index in [4.69, 9.17) is 0 Å². The van der Waals surface area contributed by atoms with E-state index in [2.05, 4.69) is 20.1 Å². The van der Waals surface area contributed by atoms with Gasteiger partial charge in [-0.15, -0.1) is 0 Å². The maximum Gasteiger partial charge on any atom is 0.354 e. The highest BCUT2D eigenvalue weighted by atomic mass is 16.5. The molecule has 0 aromatic heterocycles. The quantitative estimate of drug-likeness (QED) is 0.629. The van der Waals surface area contributed by atoms with Crippen LogP contribution in [0.3, 0.4) is 0 Å². The number of carbonyl (C=O) groups excluding carboxylic acids is 2. The summed E-state index contributed by atoms with van der Waals surface area (Å²) in [5.41, 5.74) is 3.14. The van der Waals surface area contributed by atoms with Crippen LogP contribution in [0.25, 0.3) is 0 Å². The Kier molecular flexibility index (Phi) is 4.37. The van der Waals surface area contributed by atoms with Crippen molar-refractivity contribution >= 4 is 17.6 Å². The van der Waals surface area contributed by atoms with Crippen molar-refractivity contribution in [1.29, 1.82) is 0 Å². The number of rotatable bonds is 4. The SMILES string of the molecule is COC(=O)/C=C(/Nc1ccc2c(c1)CNC2)C(=O)OC. The van der Waals surface area contributed by atoms with Crippen LogP contribution in [0.4, 0.5) is 5.69 Å². The summed E-state index contributed by atoms with van der Waals surface area (Å²) in [5.74, 6) is -1.25. The van der Waals surface area contributed by atoms with E-state index in [1.54, 1.807) is 0 Å². The third kappa shape index (κ3) is 3.16. The van der Waals surface area contributed by atoms with Crippen molar-refractivity contribution in [2.24, 2.45) is 0 Å². The lowest BCUT2D eigenvalue weighted by Crippen LogP contribution is -2.15. The number of carbonyl (C=O) groups is 2. The third-order valence-corrected chi connectivity index (χ3v) is 2.98. The van der Waals surface area contributed by atoms with Crippen molar-refractivity contribution in [3.8, 4) is 0 Å². The van der Waals surface area contributed by atoms with Gasteiger partial charge in [0.2, 0.25) is 0 Å². The van der Waals surface area contributed by atoms with E-state index in [1.807, 2.05) is 18.2 Å². The smallest absolute Gasteiger partial charge is 0.354 e. The van der Waals surface area contributed by atoms with Gasteiger partial charge in [-0.3, -0.25) is 0 Å². The van der Waals surface area contributed by atoms with Crippen LogP contribution in [0.1, 0.15) is 11.1 Å². The van der Waals surface area contributed by atoms with Gasteiger partial charge < -0.3 is 20.1 Å². The predicted octanol–water partition coefficient (Wildman–Crippen LogP) is 0.932. The molecule has 1 aliphatic rings. The van der Waals surface area contributed by atoms with Crippen LogP contribution in [0.2, 0.25) is 0 Å². The van der Waals surface area contributed by atoms with Crippen LogP contribution in [-0.2, 0) is 32.2 Å². The third-order valence-electron chi connectivity index (χ3n) is 2.98. The molecule has 0 amide bonds. The van der Waals surface area contributed by atoms with Gasteiger partial charge in [0.15, 0.2) is 0 Å². The highest BCUT2D eigenvalue weighted by molar-refractivity contribution is 5.98. The van der Waals surface area contributed by atoms with Gasteiger partial charge in [0.25, 0.3) is 0 Å². The number of esters is 2. The molecule has 6 heteroatoms. The van der Waals surface area contributed by atoms with Gasteiger partial charge in [-0.1, -0.05) is 6.07 Å². The predicted molar refractivity (Wildman–Crippen MR) is 72.7 cm³/mol. The number of hydrogen-bond donors (Lipinski definition) is 2. The highest BCUT2D eigenvalue weighted by Gasteiger charge is 2.15. The van der Waals surface area contributed by atoms with Gasteiger partial charge in [-0.05, 0) is 23.3 Å². The molecule has 20 heavy (non-hydrogen) atoms. The molecule has 0 saturated heterocycles. The molecule has 0 bridgehead atoms. The Morgan fingerprint density at radius 2 is 1.95 bits per heavy atom. The molecule has 0 unspecified atom stereocenters. The largest absolute Gasteiger partial charge is 0.466 e. The zero-order valence-electron chi connectivity index (χ0n) is 11.4. The molecule has 1 aromatic rings. The molecule has 2 N–H and O–H groups in total. The van der Waals surface area contributed by atoms with Crippen molar-refractivity contribution in [2.45, 2.75) is 13.1 Å². The first-order valence-corrected chi connectivity index (χ1v) is 6.11. The first kappa shape index (κ1) is 14.1. The van der Waals surface area contributed by atoms with Crippen LogP contribution in [0.5, 0.6) is 0 Å². The number of methoxy groups -OCH3 is 2. The summed E-state index contributed by atoms with van der Waals surface area (Å²) in [4.78, 5) is 22.9. The van der Waals surface area contributed by atoms with Crippen molar-refractivity contribution in [2.75, 3.05) is 19.5 Å². The average Bonchev–Trinajstić information content (AvgIpc) is 2.93. The first-order chi connectivity index (χ1) is 9.63. The maximum absolute atomic E-state index is 11.6. The number of nitrogens with one attached hydrogen (secondary N) is 2. The minimum atomic E-state index is -0.631. The molecule has 1 heterocycles. The molecule has 2 rings (SSSR count). The zero-order chi connectivity index (χ0) is 14.5. The Morgan fingerprint density at radius 1 is 1.20 bits per heavy atom. The first-order valence-electron chi connectivity index (χ1n) is 6.11. The van der Waals surface area contributed by atoms with Crippen LogP contribution >= 0.6 is 0 Å². The molecular formula is C14H16N2O4. The highest BCUT2D eigenvalue weighted by Crippen LogP contribution is 2.21. The lowest BCUT2D eigenvalue weighted by Gasteiger charge is -2.10. The average molecular weight is 276 g/mol. The number of benzene rings is 1. The topological polar surface area (TPSA) is 76.7 Å². The molecular weight excluding hydrogens is 260 g/mol. The van der Waals surface area contributed by atoms with E-state index in [9.17, 15) is 9.59 Å². The maximum atomic E-state index is 11.6. The van der Waals surface area contributed by atoms with Crippen LogP contribution in [-0.4, -0.2) is 26.2 Å². The standard InChI is InChI=1S/C14H16N2O4/c1-19-13(17)6-12(14(18)20-2)16-11-4-3-9-7-15-8-10(9)5-11/h3-6,15-16H,7-8H2,1-2H3/b12-6+. The Hall–Kier alpha value is -2.34. The van der Waals surface area contributed by atoms with Crippen LogP contribution in [0, 0.1) is 0 Å². The van der Waals surface area contributed by atoms with Crippen LogP contribution in [0.15, 0.2) is 30.0 Å². The van der Waals surface area contributed by atoms with Crippen molar-refractivity contribution in [1.82, 2.24) is 5.32 Å². The van der Waals surface area contributed by atoms with Crippen molar-refractivity contribution in [3.63, 3.8) is 0 Å². The van der Waals surface area contributed by atoms with Gasteiger partial charge >= 0.3 is 11.9 Å². The number of hydrogen-bond acceptors (Lipinski definition) is 6. The summed E-state index contributed by atoms with van der Waals surface area (Å²) < 4.78 is 9.15. The van der Waals surface area contributed by atoms with E-state index in [0.717, 1.165) is 24.7 Å². The molecule has 1 aliphatic heterocycles. The molecule has 1 aromatic carbocycles.